The summed E-state index contributed by atoms with van der Waals surface area (Å²) in [6, 6.07) is 1.01. The SMILES string of the molecule is CCOC(=O)C(C)(CCN(C)C(C)C(C)C)NC1CC1. The third-order valence-corrected chi connectivity index (χ3v) is 4.45. The Kier molecular flexibility index (Phi) is 6.46. The predicted octanol–water partition coefficient (Wildman–Crippen LogP) is 2.43. The number of rotatable bonds is 9. The molecule has 0 saturated heterocycles. The number of carbonyl (C=O) groups excluding carboxylic acids is 1. The predicted molar refractivity (Wildman–Crippen MR) is 82.7 cm³/mol. The van der Waals surface area contributed by atoms with Crippen LogP contribution in [0.4, 0.5) is 0 Å². The van der Waals surface area contributed by atoms with Gasteiger partial charge in [-0.2, -0.15) is 0 Å². The van der Waals surface area contributed by atoms with Crippen molar-refractivity contribution in [3.05, 3.63) is 0 Å². The first-order chi connectivity index (χ1) is 9.30. The van der Waals surface area contributed by atoms with Crippen LogP contribution in [-0.4, -0.2) is 48.7 Å². The highest BCUT2D eigenvalue weighted by atomic mass is 16.5. The molecule has 0 bridgehead atoms. The van der Waals surface area contributed by atoms with Crippen molar-refractivity contribution in [2.45, 2.75) is 71.5 Å². The lowest BCUT2D eigenvalue weighted by molar-refractivity contribution is -0.151. The van der Waals surface area contributed by atoms with Crippen LogP contribution in [0, 0.1) is 5.92 Å². The van der Waals surface area contributed by atoms with Gasteiger partial charge in [-0.3, -0.25) is 10.1 Å². The lowest BCUT2D eigenvalue weighted by atomic mass is 9.96. The molecule has 4 nitrogen and oxygen atoms in total. The molecule has 1 saturated carbocycles. The number of ether oxygens (including phenoxy) is 1. The molecule has 2 unspecified atom stereocenters. The van der Waals surface area contributed by atoms with Gasteiger partial charge in [0.05, 0.1) is 6.61 Å². The lowest BCUT2D eigenvalue weighted by Gasteiger charge is -2.33. The molecule has 20 heavy (non-hydrogen) atoms. The first-order valence-corrected chi connectivity index (χ1v) is 7.95. The van der Waals surface area contributed by atoms with Gasteiger partial charge in [0, 0.05) is 18.6 Å². The van der Waals surface area contributed by atoms with E-state index in [4.69, 9.17) is 4.74 Å². The Labute approximate surface area is 124 Å². The van der Waals surface area contributed by atoms with E-state index in [1.165, 1.54) is 12.8 Å². The molecule has 1 rings (SSSR count). The topological polar surface area (TPSA) is 41.6 Å². The number of esters is 1. The number of nitrogens with one attached hydrogen (secondary N) is 1. The standard InChI is InChI=1S/C16H32N2O2/c1-7-20-15(19)16(5,17-14-8-9-14)10-11-18(6)13(4)12(2)3/h12-14,17H,7-11H2,1-6H3. The molecule has 1 N–H and O–H groups in total. The number of hydrogen-bond acceptors (Lipinski definition) is 4. The zero-order valence-corrected chi connectivity index (χ0v) is 14.0. The molecule has 1 aliphatic carbocycles. The minimum atomic E-state index is -0.553. The highest BCUT2D eigenvalue weighted by Gasteiger charge is 2.39. The summed E-state index contributed by atoms with van der Waals surface area (Å²) in [7, 11) is 2.13. The molecule has 0 aromatic carbocycles. The van der Waals surface area contributed by atoms with Crippen LogP contribution in [0.2, 0.25) is 0 Å². The van der Waals surface area contributed by atoms with Crippen LogP contribution in [0.15, 0.2) is 0 Å². The van der Waals surface area contributed by atoms with Crippen molar-refractivity contribution in [2.24, 2.45) is 5.92 Å². The molecule has 0 amide bonds. The summed E-state index contributed by atoms with van der Waals surface area (Å²) >= 11 is 0. The molecule has 0 aromatic rings. The monoisotopic (exact) mass is 284 g/mol. The van der Waals surface area contributed by atoms with E-state index in [2.05, 4.69) is 38.0 Å². The van der Waals surface area contributed by atoms with Crippen molar-refractivity contribution in [3.63, 3.8) is 0 Å². The number of hydrogen-bond donors (Lipinski definition) is 1. The second kappa shape index (κ2) is 7.41. The van der Waals surface area contributed by atoms with Crippen LogP contribution in [0.25, 0.3) is 0 Å². The zero-order chi connectivity index (χ0) is 15.3. The fourth-order valence-electron chi connectivity index (χ4n) is 2.31. The second-order valence-electron chi connectivity index (χ2n) is 6.69. The Hall–Kier alpha value is -0.610. The van der Waals surface area contributed by atoms with Crippen LogP contribution >= 0.6 is 0 Å². The second-order valence-corrected chi connectivity index (χ2v) is 6.69. The molecule has 0 radical (unpaired) electrons. The van der Waals surface area contributed by atoms with Crippen LogP contribution in [-0.2, 0) is 9.53 Å². The Balaban J connectivity index is 2.57. The maximum atomic E-state index is 12.2. The molecule has 118 valence electrons. The molecule has 0 aromatic heterocycles. The molecule has 2 atom stereocenters. The normalized spacial score (nSPS) is 20.0. The van der Waals surface area contributed by atoms with Crippen molar-refractivity contribution < 1.29 is 9.53 Å². The van der Waals surface area contributed by atoms with Crippen molar-refractivity contribution in [2.75, 3.05) is 20.2 Å². The minimum absolute atomic E-state index is 0.113. The molecule has 0 aliphatic heterocycles. The molecular weight excluding hydrogens is 252 g/mol. The maximum Gasteiger partial charge on any atom is 0.326 e. The fraction of sp³-hybridized carbons (Fsp3) is 0.938. The average molecular weight is 284 g/mol. The molecule has 0 heterocycles. The van der Waals surface area contributed by atoms with Crippen LogP contribution in [0.1, 0.15) is 53.9 Å². The molecule has 0 spiro atoms. The first-order valence-electron chi connectivity index (χ1n) is 7.95. The van der Waals surface area contributed by atoms with Crippen LogP contribution in [0.5, 0.6) is 0 Å². The van der Waals surface area contributed by atoms with Crippen molar-refractivity contribution >= 4 is 5.97 Å². The van der Waals surface area contributed by atoms with Crippen molar-refractivity contribution in [3.8, 4) is 0 Å². The van der Waals surface area contributed by atoms with Gasteiger partial charge in [-0.15, -0.1) is 0 Å². The van der Waals surface area contributed by atoms with Gasteiger partial charge in [-0.05, 0) is 53.0 Å². The summed E-state index contributed by atoms with van der Waals surface area (Å²) < 4.78 is 5.26. The first kappa shape index (κ1) is 17.4. The Morgan fingerprint density at radius 3 is 2.45 bits per heavy atom. The summed E-state index contributed by atoms with van der Waals surface area (Å²) in [5.74, 6) is 0.503. The Bertz CT molecular complexity index is 316. The van der Waals surface area contributed by atoms with Gasteiger partial charge in [-0.25, -0.2) is 0 Å². The van der Waals surface area contributed by atoms with Gasteiger partial charge in [-0.1, -0.05) is 13.8 Å². The van der Waals surface area contributed by atoms with E-state index in [1.807, 2.05) is 13.8 Å². The largest absolute Gasteiger partial charge is 0.465 e. The van der Waals surface area contributed by atoms with Crippen molar-refractivity contribution in [1.29, 1.82) is 0 Å². The van der Waals surface area contributed by atoms with Crippen LogP contribution < -0.4 is 5.32 Å². The molecule has 1 fully saturated rings. The van der Waals surface area contributed by atoms with E-state index in [9.17, 15) is 4.79 Å². The Morgan fingerprint density at radius 1 is 1.40 bits per heavy atom. The van der Waals surface area contributed by atoms with Gasteiger partial charge in [0.25, 0.3) is 0 Å². The summed E-state index contributed by atoms with van der Waals surface area (Å²) in [4.78, 5) is 14.6. The van der Waals surface area contributed by atoms with Crippen molar-refractivity contribution in [1.82, 2.24) is 10.2 Å². The zero-order valence-electron chi connectivity index (χ0n) is 14.0. The number of carbonyl (C=O) groups is 1. The third-order valence-electron chi connectivity index (χ3n) is 4.45. The van der Waals surface area contributed by atoms with Crippen LogP contribution in [0.3, 0.4) is 0 Å². The highest BCUT2D eigenvalue weighted by molar-refractivity contribution is 5.80. The highest BCUT2D eigenvalue weighted by Crippen LogP contribution is 2.25. The fourth-order valence-corrected chi connectivity index (χ4v) is 2.31. The van der Waals surface area contributed by atoms with E-state index >= 15 is 0 Å². The number of nitrogens with zero attached hydrogens (tertiary/aromatic N) is 1. The maximum absolute atomic E-state index is 12.2. The molecule has 4 heteroatoms. The van der Waals surface area contributed by atoms with Gasteiger partial charge in [0.15, 0.2) is 0 Å². The quantitative estimate of drug-likeness (QED) is 0.660. The molecule has 1 aliphatic rings. The van der Waals surface area contributed by atoms with E-state index in [-0.39, 0.29) is 5.97 Å². The lowest BCUT2D eigenvalue weighted by Crippen LogP contribution is -2.53. The van der Waals surface area contributed by atoms with Gasteiger partial charge < -0.3 is 9.64 Å². The average Bonchev–Trinajstić information content (AvgIpc) is 3.19. The molecular formula is C16H32N2O2. The summed E-state index contributed by atoms with van der Waals surface area (Å²) in [5, 5.41) is 3.47. The third kappa shape index (κ3) is 5.06. The van der Waals surface area contributed by atoms with E-state index in [1.54, 1.807) is 0 Å². The van der Waals surface area contributed by atoms with E-state index < -0.39 is 5.54 Å². The summed E-state index contributed by atoms with van der Waals surface area (Å²) in [5.41, 5.74) is -0.553. The van der Waals surface area contributed by atoms with E-state index in [0.29, 0.717) is 24.6 Å². The smallest absolute Gasteiger partial charge is 0.326 e. The van der Waals surface area contributed by atoms with Gasteiger partial charge in [0.2, 0.25) is 0 Å². The van der Waals surface area contributed by atoms with Gasteiger partial charge >= 0.3 is 5.97 Å². The summed E-state index contributed by atoms with van der Waals surface area (Å²) in [6.07, 6.45) is 3.14. The Morgan fingerprint density at radius 2 is 2.00 bits per heavy atom. The van der Waals surface area contributed by atoms with Gasteiger partial charge in [0.1, 0.15) is 5.54 Å². The minimum Gasteiger partial charge on any atom is -0.465 e. The summed E-state index contributed by atoms with van der Waals surface area (Å²) in [6.45, 7) is 11.9. The van der Waals surface area contributed by atoms with E-state index in [0.717, 1.165) is 13.0 Å².